The summed E-state index contributed by atoms with van der Waals surface area (Å²) in [5, 5.41) is 0. The van der Waals surface area contributed by atoms with Gasteiger partial charge < -0.3 is 0 Å². The summed E-state index contributed by atoms with van der Waals surface area (Å²) in [6.45, 7) is 18.1. The van der Waals surface area contributed by atoms with Gasteiger partial charge in [-0.3, -0.25) is 0 Å². The first kappa shape index (κ1) is 28.7. The Morgan fingerprint density at radius 2 is 0.867 bits per heavy atom. The van der Waals surface area contributed by atoms with Gasteiger partial charge in [-0.2, -0.15) is 0 Å². The van der Waals surface area contributed by atoms with E-state index in [1.54, 1.807) is 11.1 Å². The molecule has 0 aliphatic carbocycles. The Morgan fingerprint density at radius 3 is 1.27 bits per heavy atom. The van der Waals surface area contributed by atoms with Gasteiger partial charge in [-0.1, -0.05) is 78.5 Å². The molecule has 0 saturated heterocycles. The van der Waals surface area contributed by atoms with Crippen molar-refractivity contribution in [2.24, 2.45) is 5.92 Å². The Labute approximate surface area is 190 Å². The molecular weight excluding hydrogens is 360 g/mol. The smallest absolute Gasteiger partial charge is 0.0288 e. The van der Waals surface area contributed by atoms with Crippen molar-refractivity contribution in [1.29, 1.82) is 0 Å². The third kappa shape index (κ3) is 20.0. The van der Waals surface area contributed by atoms with Crippen LogP contribution in [-0.2, 0) is 0 Å². The van der Waals surface area contributed by atoms with E-state index in [1.165, 1.54) is 87.3 Å². The van der Waals surface area contributed by atoms with Crippen molar-refractivity contribution in [2.45, 2.75) is 126 Å². The highest BCUT2D eigenvalue weighted by atomic mass is 14.0. The van der Waals surface area contributed by atoms with Crippen LogP contribution in [0.3, 0.4) is 0 Å². The van der Waals surface area contributed by atoms with Crippen LogP contribution in [-0.4, -0.2) is 0 Å². The molecule has 30 heavy (non-hydrogen) atoms. The van der Waals surface area contributed by atoms with E-state index < -0.39 is 0 Å². The van der Waals surface area contributed by atoms with Gasteiger partial charge in [0.05, 0.1) is 0 Å². The van der Waals surface area contributed by atoms with E-state index in [9.17, 15) is 0 Å². The highest BCUT2D eigenvalue weighted by Crippen LogP contribution is 2.15. The molecular formula is C30H52. The summed E-state index contributed by atoms with van der Waals surface area (Å²) < 4.78 is 0. The average Bonchev–Trinajstić information content (AvgIpc) is 2.64. The zero-order valence-corrected chi connectivity index (χ0v) is 21.7. The monoisotopic (exact) mass is 412 g/mol. The zero-order chi connectivity index (χ0) is 22.8. The lowest BCUT2D eigenvalue weighted by molar-refractivity contribution is 0.554. The maximum Gasteiger partial charge on any atom is -0.0288 e. The van der Waals surface area contributed by atoms with Crippen molar-refractivity contribution in [1.82, 2.24) is 0 Å². The Bertz CT molecular complexity index is 586. The predicted octanol–water partition coefficient (Wildman–Crippen LogP) is 10.7. The summed E-state index contributed by atoms with van der Waals surface area (Å²) in [7, 11) is 0. The van der Waals surface area contributed by atoms with Crippen molar-refractivity contribution in [3.63, 3.8) is 0 Å². The highest BCUT2D eigenvalue weighted by Gasteiger charge is 1.96. The maximum atomic E-state index is 2.46. The fourth-order valence-electron chi connectivity index (χ4n) is 3.54. The second kappa shape index (κ2) is 18.5. The summed E-state index contributed by atoms with van der Waals surface area (Å²) in [5.41, 5.74) is 7.61. The molecule has 0 nitrogen and oxygen atoms in total. The Hall–Kier alpha value is -1.30. The second-order valence-corrected chi connectivity index (χ2v) is 9.96. The van der Waals surface area contributed by atoms with E-state index in [1.807, 2.05) is 0 Å². The molecule has 172 valence electrons. The lowest BCUT2D eigenvalue weighted by Gasteiger charge is -2.05. The molecule has 0 aromatic rings. The first-order chi connectivity index (χ1) is 14.2. The predicted molar refractivity (Wildman–Crippen MR) is 140 cm³/mol. The van der Waals surface area contributed by atoms with E-state index in [4.69, 9.17) is 0 Å². The number of hydrogen-bond acceptors (Lipinski definition) is 0. The lowest BCUT2D eigenvalue weighted by atomic mass is 10.0. The molecule has 0 unspecified atom stereocenters. The van der Waals surface area contributed by atoms with Crippen molar-refractivity contribution in [3.8, 4) is 0 Å². The van der Waals surface area contributed by atoms with Crippen LogP contribution in [0.4, 0.5) is 0 Å². The van der Waals surface area contributed by atoms with Gasteiger partial charge in [-0.25, -0.2) is 0 Å². The molecule has 0 atom stereocenters. The lowest BCUT2D eigenvalue weighted by Crippen LogP contribution is -1.87. The largest absolute Gasteiger partial charge is 0.0856 e. The Morgan fingerprint density at radius 1 is 0.500 bits per heavy atom. The van der Waals surface area contributed by atoms with Crippen LogP contribution < -0.4 is 0 Å². The van der Waals surface area contributed by atoms with Gasteiger partial charge in [0.1, 0.15) is 0 Å². The molecule has 0 fully saturated rings. The number of unbranched alkanes of at least 4 members (excludes halogenated alkanes) is 1. The molecule has 0 saturated carbocycles. The van der Waals surface area contributed by atoms with Crippen LogP contribution in [0.1, 0.15) is 126 Å². The number of rotatable bonds is 16. The second-order valence-electron chi connectivity index (χ2n) is 9.96. The van der Waals surface area contributed by atoms with Gasteiger partial charge >= 0.3 is 0 Å². The van der Waals surface area contributed by atoms with Crippen LogP contribution >= 0.6 is 0 Å². The van der Waals surface area contributed by atoms with E-state index >= 15 is 0 Å². The molecule has 0 aromatic heterocycles. The van der Waals surface area contributed by atoms with Crippen molar-refractivity contribution >= 4 is 0 Å². The quantitative estimate of drug-likeness (QED) is 0.175. The van der Waals surface area contributed by atoms with E-state index in [2.05, 4.69) is 85.8 Å². The molecule has 0 N–H and O–H groups in total. The van der Waals surface area contributed by atoms with Gasteiger partial charge in [0.2, 0.25) is 0 Å². The zero-order valence-electron chi connectivity index (χ0n) is 21.7. The summed E-state index contributed by atoms with van der Waals surface area (Å²) in [4.78, 5) is 0. The molecule has 0 heterocycles. The number of allylic oxidation sites excluding steroid dienone is 10. The molecule has 0 aromatic carbocycles. The SMILES string of the molecule is CC(C)=CCC/C(C)=C/CC/C(C)=C/CC/C=C(\C)CC/C=C(\C)CCCC(C)C. The number of hydrogen-bond donors (Lipinski definition) is 0. The molecule has 0 radical (unpaired) electrons. The minimum absolute atomic E-state index is 0.832. The average molecular weight is 413 g/mol. The first-order valence-electron chi connectivity index (χ1n) is 12.5. The van der Waals surface area contributed by atoms with Crippen LogP contribution in [0, 0.1) is 5.92 Å². The van der Waals surface area contributed by atoms with E-state index in [0.717, 1.165) is 5.92 Å². The van der Waals surface area contributed by atoms with Crippen LogP contribution in [0.15, 0.2) is 58.2 Å². The minimum Gasteiger partial charge on any atom is -0.0856 e. The molecule has 0 rings (SSSR count). The van der Waals surface area contributed by atoms with Gasteiger partial charge in [-0.15, -0.1) is 0 Å². The third-order valence-electron chi connectivity index (χ3n) is 5.66. The van der Waals surface area contributed by atoms with Crippen LogP contribution in [0.5, 0.6) is 0 Å². The topological polar surface area (TPSA) is 0 Å². The van der Waals surface area contributed by atoms with Gasteiger partial charge in [0.15, 0.2) is 0 Å². The van der Waals surface area contributed by atoms with Gasteiger partial charge in [0, 0.05) is 0 Å². The standard InChI is InChI=1S/C30H52/c1-25(2)15-11-19-29(7)23-13-21-27(5)17-9-10-18-28(6)22-14-24-30(8)20-12-16-26(3)4/h15,17-18,23-24,26H,9-14,16,19-22H2,1-8H3/b27-17+,28-18+,29-23+,30-24+. The van der Waals surface area contributed by atoms with E-state index in [0.29, 0.717) is 0 Å². The van der Waals surface area contributed by atoms with Crippen LogP contribution in [0.2, 0.25) is 0 Å². The third-order valence-corrected chi connectivity index (χ3v) is 5.66. The normalized spacial score (nSPS) is 13.9. The molecule has 0 amide bonds. The van der Waals surface area contributed by atoms with Crippen LogP contribution in [0.25, 0.3) is 0 Å². The molecule has 0 aliphatic heterocycles. The molecule has 0 aliphatic rings. The van der Waals surface area contributed by atoms with Crippen molar-refractivity contribution in [2.75, 3.05) is 0 Å². The fourth-order valence-corrected chi connectivity index (χ4v) is 3.54. The first-order valence-corrected chi connectivity index (χ1v) is 12.5. The summed E-state index contributed by atoms with van der Waals surface area (Å²) >= 11 is 0. The Balaban J connectivity index is 4.01. The minimum atomic E-state index is 0.832. The maximum absolute atomic E-state index is 2.46. The summed E-state index contributed by atoms with van der Waals surface area (Å²) in [5.74, 6) is 0.832. The van der Waals surface area contributed by atoms with Crippen molar-refractivity contribution in [3.05, 3.63) is 58.2 Å². The van der Waals surface area contributed by atoms with E-state index in [-0.39, 0.29) is 0 Å². The summed E-state index contributed by atoms with van der Waals surface area (Å²) in [6, 6.07) is 0. The molecule has 0 heteroatoms. The van der Waals surface area contributed by atoms with Crippen molar-refractivity contribution < 1.29 is 0 Å². The Kier molecular flexibility index (Phi) is 17.7. The summed E-state index contributed by atoms with van der Waals surface area (Å²) in [6.07, 6.45) is 25.6. The van der Waals surface area contributed by atoms with Gasteiger partial charge in [-0.05, 0) is 112 Å². The molecule has 0 bridgehead atoms. The fraction of sp³-hybridized carbons (Fsp3) is 0.667. The van der Waals surface area contributed by atoms with Gasteiger partial charge in [0.25, 0.3) is 0 Å². The highest BCUT2D eigenvalue weighted by molar-refractivity contribution is 5.07. The molecule has 0 spiro atoms.